The molecule has 1 N–H and O–H groups in total. The summed E-state index contributed by atoms with van der Waals surface area (Å²) in [6, 6.07) is 16.7. The van der Waals surface area contributed by atoms with Gasteiger partial charge in [-0.1, -0.05) is 79.4 Å². The molecule has 2 aromatic rings. The van der Waals surface area contributed by atoms with Gasteiger partial charge in [-0.15, -0.1) is 0 Å². The summed E-state index contributed by atoms with van der Waals surface area (Å²) < 4.78 is 11.0. The number of esters is 1. The first kappa shape index (κ1) is 23.1. The standard InChI is InChI=1S/C27H29NO4/c1-5-6-14-23-18(2)22-15-10-11-16-24(22)25(23)17-31-27(30)28-19(3)26(29)32-20(4)21-12-8-7-9-13-21/h5-16,19-20,25H,1,17H2,2-4H3,(H,28,30)/b14-6-. The fourth-order valence-corrected chi connectivity index (χ4v) is 3.82. The average molecular weight is 432 g/mol. The van der Waals surface area contributed by atoms with Crippen molar-refractivity contribution in [2.45, 2.75) is 38.8 Å². The number of hydrogen-bond donors (Lipinski definition) is 1. The van der Waals surface area contributed by atoms with Crippen LogP contribution in [0.15, 0.2) is 85.0 Å². The quantitative estimate of drug-likeness (QED) is 0.429. The van der Waals surface area contributed by atoms with Crippen LogP contribution >= 0.6 is 0 Å². The molecule has 3 unspecified atom stereocenters. The van der Waals surface area contributed by atoms with Crippen LogP contribution in [-0.4, -0.2) is 24.7 Å². The van der Waals surface area contributed by atoms with E-state index in [4.69, 9.17) is 9.47 Å². The summed E-state index contributed by atoms with van der Waals surface area (Å²) in [7, 11) is 0. The van der Waals surface area contributed by atoms with Gasteiger partial charge in [0, 0.05) is 5.92 Å². The van der Waals surface area contributed by atoms with Gasteiger partial charge in [-0.05, 0) is 48.6 Å². The number of benzene rings is 2. The van der Waals surface area contributed by atoms with Crippen LogP contribution in [0.1, 0.15) is 49.5 Å². The minimum Gasteiger partial charge on any atom is -0.456 e. The maximum atomic E-state index is 12.4. The zero-order chi connectivity index (χ0) is 23.1. The van der Waals surface area contributed by atoms with Crippen LogP contribution in [0.3, 0.4) is 0 Å². The maximum absolute atomic E-state index is 12.4. The predicted molar refractivity (Wildman–Crippen MR) is 126 cm³/mol. The van der Waals surface area contributed by atoms with Gasteiger partial charge in [0.1, 0.15) is 18.8 Å². The number of nitrogens with one attached hydrogen (secondary N) is 1. The van der Waals surface area contributed by atoms with E-state index < -0.39 is 24.2 Å². The lowest BCUT2D eigenvalue weighted by Gasteiger charge is -2.19. The molecule has 1 aliphatic carbocycles. The van der Waals surface area contributed by atoms with Gasteiger partial charge in [0.05, 0.1) is 0 Å². The lowest BCUT2D eigenvalue weighted by atomic mass is 9.96. The Morgan fingerprint density at radius 3 is 2.50 bits per heavy atom. The molecule has 3 rings (SSSR count). The molecule has 0 heterocycles. The van der Waals surface area contributed by atoms with Crippen molar-refractivity contribution in [3.05, 3.63) is 102 Å². The summed E-state index contributed by atoms with van der Waals surface area (Å²) in [6.45, 7) is 9.34. The van der Waals surface area contributed by atoms with E-state index in [2.05, 4.69) is 24.9 Å². The molecular weight excluding hydrogens is 402 g/mol. The fourth-order valence-electron chi connectivity index (χ4n) is 3.82. The molecule has 0 fully saturated rings. The number of hydrogen-bond acceptors (Lipinski definition) is 4. The number of fused-ring (bicyclic) bond motifs is 1. The molecule has 0 saturated heterocycles. The number of ether oxygens (including phenoxy) is 2. The molecule has 1 aliphatic rings. The molecule has 5 nitrogen and oxygen atoms in total. The van der Waals surface area contributed by atoms with Crippen molar-refractivity contribution in [2.24, 2.45) is 0 Å². The Balaban J connectivity index is 1.58. The van der Waals surface area contributed by atoms with E-state index in [1.54, 1.807) is 19.9 Å². The van der Waals surface area contributed by atoms with Crippen molar-refractivity contribution in [2.75, 3.05) is 6.61 Å². The fraction of sp³-hybridized carbons (Fsp3) is 0.259. The predicted octanol–water partition coefficient (Wildman–Crippen LogP) is 5.72. The highest BCUT2D eigenvalue weighted by molar-refractivity contribution is 5.82. The second-order valence-electron chi connectivity index (χ2n) is 7.77. The molecule has 32 heavy (non-hydrogen) atoms. The molecular formula is C27H29NO4. The maximum Gasteiger partial charge on any atom is 0.407 e. The lowest BCUT2D eigenvalue weighted by molar-refractivity contribution is -0.150. The first-order valence-corrected chi connectivity index (χ1v) is 10.7. The number of carbonyl (C=O) groups is 2. The van der Waals surface area contributed by atoms with Crippen LogP contribution in [0.5, 0.6) is 0 Å². The van der Waals surface area contributed by atoms with Crippen molar-refractivity contribution >= 4 is 17.6 Å². The minimum absolute atomic E-state index is 0.0755. The second-order valence-corrected chi connectivity index (χ2v) is 7.77. The topological polar surface area (TPSA) is 64.6 Å². The van der Waals surface area contributed by atoms with E-state index in [1.807, 2.05) is 60.7 Å². The van der Waals surface area contributed by atoms with Gasteiger partial charge in [0.25, 0.3) is 0 Å². The largest absolute Gasteiger partial charge is 0.456 e. The molecule has 0 aromatic heterocycles. The molecule has 0 radical (unpaired) electrons. The van der Waals surface area contributed by atoms with Gasteiger partial charge >= 0.3 is 12.1 Å². The second kappa shape index (κ2) is 10.6. The van der Waals surface area contributed by atoms with Gasteiger partial charge < -0.3 is 14.8 Å². The van der Waals surface area contributed by atoms with Crippen molar-refractivity contribution in [3.8, 4) is 0 Å². The van der Waals surface area contributed by atoms with Crippen molar-refractivity contribution in [1.82, 2.24) is 5.32 Å². The van der Waals surface area contributed by atoms with E-state index in [-0.39, 0.29) is 12.5 Å². The molecule has 1 amide bonds. The lowest BCUT2D eigenvalue weighted by Crippen LogP contribution is -2.40. The van der Waals surface area contributed by atoms with E-state index in [9.17, 15) is 9.59 Å². The normalized spacial score (nSPS) is 16.9. The van der Waals surface area contributed by atoms with Gasteiger partial charge in [0.15, 0.2) is 0 Å². The number of rotatable bonds is 8. The Bertz CT molecular complexity index is 1040. The van der Waals surface area contributed by atoms with Gasteiger partial charge in [-0.3, -0.25) is 0 Å². The van der Waals surface area contributed by atoms with Gasteiger partial charge in [-0.2, -0.15) is 0 Å². The Kier molecular flexibility index (Phi) is 7.66. The Morgan fingerprint density at radius 1 is 1.09 bits per heavy atom. The third-order valence-corrected chi connectivity index (χ3v) is 5.59. The zero-order valence-electron chi connectivity index (χ0n) is 18.7. The van der Waals surface area contributed by atoms with Crippen LogP contribution in [0.4, 0.5) is 4.79 Å². The van der Waals surface area contributed by atoms with Crippen LogP contribution in [-0.2, 0) is 14.3 Å². The van der Waals surface area contributed by atoms with Crippen LogP contribution < -0.4 is 5.32 Å². The van der Waals surface area contributed by atoms with Crippen molar-refractivity contribution < 1.29 is 19.1 Å². The van der Waals surface area contributed by atoms with Gasteiger partial charge in [-0.25, -0.2) is 9.59 Å². The summed E-state index contributed by atoms with van der Waals surface area (Å²) in [5, 5.41) is 2.57. The number of alkyl carbamates (subject to hydrolysis) is 1. The molecule has 0 bridgehead atoms. The average Bonchev–Trinajstić information content (AvgIpc) is 3.07. The van der Waals surface area contributed by atoms with E-state index >= 15 is 0 Å². The highest BCUT2D eigenvalue weighted by Crippen LogP contribution is 2.42. The summed E-state index contributed by atoms with van der Waals surface area (Å²) in [6.07, 6.45) is 4.53. The summed E-state index contributed by atoms with van der Waals surface area (Å²) in [5.74, 6) is -0.594. The molecule has 0 saturated carbocycles. The molecule has 0 spiro atoms. The van der Waals surface area contributed by atoms with Crippen LogP contribution in [0, 0.1) is 0 Å². The Hall–Kier alpha value is -3.60. The SMILES string of the molecule is C=C/C=C\C1=C(C)c2ccccc2C1COC(=O)NC(C)C(=O)OC(C)c1ccccc1. The third kappa shape index (κ3) is 5.35. The van der Waals surface area contributed by atoms with Crippen LogP contribution in [0.25, 0.3) is 5.57 Å². The van der Waals surface area contributed by atoms with E-state index in [1.165, 1.54) is 0 Å². The number of allylic oxidation sites excluding steroid dienone is 4. The van der Waals surface area contributed by atoms with Crippen molar-refractivity contribution in [1.29, 1.82) is 0 Å². The highest BCUT2D eigenvalue weighted by Gasteiger charge is 2.29. The monoisotopic (exact) mass is 431 g/mol. The van der Waals surface area contributed by atoms with Gasteiger partial charge in [0.2, 0.25) is 0 Å². The number of amides is 1. The first-order chi connectivity index (χ1) is 15.4. The smallest absolute Gasteiger partial charge is 0.407 e. The number of carbonyl (C=O) groups excluding carboxylic acids is 2. The third-order valence-electron chi connectivity index (χ3n) is 5.59. The Morgan fingerprint density at radius 2 is 1.78 bits per heavy atom. The molecule has 3 atom stereocenters. The van der Waals surface area contributed by atoms with E-state index in [0.29, 0.717) is 0 Å². The molecule has 166 valence electrons. The zero-order valence-corrected chi connectivity index (χ0v) is 18.7. The summed E-state index contributed by atoms with van der Waals surface area (Å²) >= 11 is 0. The highest BCUT2D eigenvalue weighted by atomic mass is 16.6. The molecule has 5 heteroatoms. The minimum atomic E-state index is -0.832. The van der Waals surface area contributed by atoms with E-state index in [0.717, 1.165) is 27.8 Å². The van der Waals surface area contributed by atoms with Crippen molar-refractivity contribution in [3.63, 3.8) is 0 Å². The Labute approximate surface area is 189 Å². The summed E-state index contributed by atoms with van der Waals surface area (Å²) in [5.41, 5.74) is 5.39. The molecule has 2 aromatic carbocycles. The van der Waals surface area contributed by atoms with Crippen LogP contribution in [0.2, 0.25) is 0 Å². The summed E-state index contributed by atoms with van der Waals surface area (Å²) in [4.78, 5) is 24.8. The first-order valence-electron chi connectivity index (χ1n) is 10.7. The molecule has 0 aliphatic heterocycles.